The average molecular weight is 124 g/mol. The van der Waals surface area contributed by atoms with Gasteiger partial charge >= 0.3 is 5.97 Å². The molecule has 0 saturated heterocycles. The fourth-order valence-electron chi connectivity index (χ4n) is 0.411. The van der Waals surface area contributed by atoms with Gasteiger partial charge < -0.3 is 5.11 Å². The van der Waals surface area contributed by atoms with E-state index in [-0.39, 0.29) is 12.0 Å². The number of aliphatic carboxylic acids is 1. The predicted molar refractivity (Wildman–Crippen MR) is 34.8 cm³/mol. The Morgan fingerprint density at radius 2 is 2.44 bits per heavy atom. The average Bonchev–Trinajstić information content (AvgIpc) is 1.82. The van der Waals surface area contributed by atoms with Crippen molar-refractivity contribution in [3.63, 3.8) is 0 Å². The lowest BCUT2D eigenvalue weighted by Crippen LogP contribution is -1.98. The van der Waals surface area contributed by atoms with Crippen LogP contribution in [0.15, 0.2) is 11.6 Å². The zero-order valence-electron chi connectivity index (χ0n) is 5.22. The number of rotatable bonds is 2. The van der Waals surface area contributed by atoms with Crippen LogP contribution in [0, 0.1) is 12.3 Å². The second-order valence-electron chi connectivity index (χ2n) is 1.50. The van der Waals surface area contributed by atoms with E-state index in [2.05, 4.69) is 5.92 Å². The Morgan fingerprint density at radius 1 is 1.89 bits per heavy atom. The molecule has 0 bridgehead atoms. The molecule has 0 unspecified atom stereocenters. The van der Waals surface area contributed by atoms with E-state index >= 15 is 0 Å². The molecule has 2 heteroatoms. The number of carbonyl (C=O) groups is 1. The third-order valence-corrected chi connectivity index (χ3v) is 0.916. The first-order valence-corrected chi connectivity index (χ1v) is 2.54. The van der Waals surface area contributed by atoms with Gasteiger partial charge in [0, 0.05) is 12.0 Å². The van der Waals surface area contributed by atoms with Gasteiger partial charge in [-0.25, -0.2) is 4.79 Å². The molecular weight excluding hydrogens is 116 g/mol. The van der Waals surface area contributed by atoms with Crippen molar-refractivity contribution in [1.29, 1.82) is 0 Å². The van der Waals surface area contributed by atoms with Crippen LogP contribution in [0.1, 0.15) is 13.3 Å². The molecule has 2 nitrogen and oxygen atoms in total. The van der Waals surface area contributed by atoms with Crippen molar-refractivity contribution in [3.8, 4) is 12.3 Å². The molecule has 0 amide bonds. The second kappa shape index (κ2) is 3.73. The molecule has 0 aliphatic heterocycles. The van der Waals surface area contributed by atoms with Crippen molar-refractivity contribution in [2.75, 3.05) is 0 Å². The number of hydrogen-bond donors (Lipinski definition) is 1. The highest BCUT2D eigenvalue weighted by atomic mass is 16.4. The van der Waals surface area contributed by atoms with Crippen LogP contribution in [-0.2, 0) is 4.79 Å². The molecule has 48 valence electrons. The summed E-state index contributed by atoms with van der Waals surface area (Å²) >= 11 is 0. The van der Waals surface area contributed by atoms with Crippen LogP contribution >= 0.6 is 0 Å². The number of carboxylic acids is 1. The molecule has 0 heterocycles. The first-order chi connectivity index (χ1) is 4.22. The second-order valence-corrected chi connectivity index (χ2v) is 1.50. The topological polar surface area (TPSA) is 37.3 Å². The zero-order valence-corrected chi connectivity index (χ0v) is 5.22. The van der Waals surface area contributed by atoms with E-state index in [0.29, 0.717) is 0 Å². The molecule has 0 rings (SSSR count). The van der Waals surface area contributed by atoms with Crippen LogP contribution in [0.4, 0.5) is 0 Å². The van der Waals surface area contributed by atoms with Gasteiger partial charge in [-0.3, -0.25) is 0 Å². The Labute approximate surface area is 54.2 Å². The van der Waals surface area contributed by atoms with Gasteiger partial charge in [-0.1, -0.05) is 6.08 Å². The van der Waals surface area contributed by atoms with E-state index in [1.54, 1.807) is 6.92 Å². The molecule has 0 aliphatic carbocycles. The van der Waals surface area contributed by atoms with Crippen molar-refractivity contribution >= 4 is 5.97 Å². The fraction of sp³-hybridized carbons (Fsp3) is 0.286. The maximum Gasteiger partial charge on any atom is 0.332 e. The van der Waals surface area contributed by atoms with Crippen molar-refractivity contribution in [3.05, 3.63) is 11.6 Å². The quantitative estimate of drug-likeness (QED) is 0.441. The van der Waals surface area contributed by atoms with Crippen LogP contribution in [-0.4, -0.2) is 11.1 Å². The van der Waals surface area contributed by atoms with Gasteiger partial charge in [0.25, 0.3) is 0 Å². The Kier molecular flexibility index (Phi) is 3.22. The highest BCUT2D eigenvalue weighted by Crippen LogP contribution is 1.98. The summed E-state index contributed by atoms with van der Waals surface area (Å²) in [5, 5.41) is 8.34. The molecule has 0 saturated carbocycles. The molecule has 0 aromatic rings. The van der Waals surface area contributed by atoms with Crippen LogP contribution in [0.2, 0.25) is 0 Å². The molecule has 1 N–H and O–H groups in total. The molecule has 0 radical (unpaired) electrons. The van der Waals surface area contributed by atoms with E-state index < -0.39 is 5.97 Å². The smallest absolute Gasteiger partial charge is 0.332 e. The number of carboxylic acid groups (broad SMARTS) is 1. The molecule has 0 aromatic carbocycles. The number of hydrogen-bond acceptors (Lipinski definition) is 1. The van der Waals surface area contributed by atoms with Gasteiger partial charge in [0.15, 0.2) is 0 Å². The summed E-state index contributed by atoms with van der Waals surface area (Å²) in [5.74, 6) is 1.32. The normalized spacial score (nSPS) is 10.4. The Hall–Kier alpha value is -1.23. The van der Waals surface area contributed by atoms with Crippen LogP contribution < -0.4 is 0 Å². The van der Waals surface area contributed by atoms with Crippen LogP contribution in [0.3, 0.4) is 0 Å². The van der Waals surface area contributed by atoms with Gasteiger partial charge in [0.05, 0.1) is 0 Å². The van der Waals surface area contributed by atoms with Gasteiger partial charge in [-0.15, -0.1) is 12.3 Å². The molecular formula is C7H8O2. The summed E-state index contributed by atoms with van der Waals surface area (Å²) in [6.45, 7) is 1.65. The van der Waals surface area contributed by atoms with E-state index in [0.717, 1.165) is 0 Å². The van der Waals surface area contributed by atoms with Crippen molar-refractivity contribution in [1.82, 2.24) is 0 Å². The third-order valence-electron chi connectivity index (χ3n) is 0.916. The minimum absolute atomic E-state index is 0.200. The summed E-state index contributed by atoms with van der Waals surface area (Å²) in [7, 11) is 0. The third kappa shape index (κ3) is 2.55. The molecule has 0 aliphatic rings. The lowest BCUT2D eigenvalue weighted by Gasteiger charge is -1.90. The highest BCUT2D eigenvalue weighted by molar-refractivity contribution is 5.86. The van der Waals surface area contributed by atoms with Gasteiger partial charge in [-0.05, 0) is 6.92 Å². The van der Waals surface area contributed by atoms with E-state index in [1.165, 1.54) is 6.08 Å². The van der Waals surface area contributed by atoms with Crippen LogP contribution in [0.25, 0.3) is 0 Å². The summed E-state index contributed by atoms with van der Waals surface area (Å²) in [4.78, 5) is 10.2. The van der Waals surface area contributed by atoms with Crippen LogP contribution in [0.5, 0.6) is 0 Å². The molecule has 9 heavy (non-hydrogen) atoms. The number of allylic oxidation sites excluding steroid dienone is 1. The minimum atomic E-state index is -0.935. The summed E-state index contributed by atoms with van der Waals surface area (Å²) < 4.78 is 0. The Balaban J connectivity index is 4.06. The van der Waals surface area contributed by atoms with E-state index in [1.807, 2.05) is 0 Å². The predicted octanol–water partition coefficient (Wildman–Crippen LogP) is 1.04. The zero-order chi connectivity index (χ0) is 7.28. The Morgan fingerprint density at radius 3 is 2.56 bits per heavy atom. The largest absolute Gasteiger partial charge is 0.478 e. The lowest BCUT2D eigenvalue weighted by molar-refractivity contribution is -0.132. The van der Waals surface area contributed by atoms with Gasteiger partial charge in [0.1, 0.15) is 0 Å². The standard InChI is InChI=1S/C7H8O2/c1-3-5-6(4-2)7(8)9/h1,4H,5H2,2H3,(H,8,9)/b6-4+. The van der Waals surface area contributed by atoms with Gasteiger partial charge in [-0.2, -0.15) is 0 Å². The maximum atomic E-state index is 10.2. The van der Waals surface area contributed by atoms with E-state index in [9.17, 15) is 4.79 Å². The summed E-state index contributed by atoms with van der Waals surface area (Å²) in [6, 6.07) is 0. The van der Waals surface area contributed by atoms with Gasteiger partial charge in [0.2, 0.25) is 0 Å². The number of terminal acetylenes is 1. The van der Waals surface area contributed by atoms with Crippen molar-refractivity contribution in [2.45, 2.75) is 13.3 Å². The first-order valence-electron chi connectivity index (χ1n) is 2.54. The maximum absolute atomic E-state index is 10.2. The SMILES string of the molecule is C#CC/C(=C\C)C(=O)O. The molecule has 0 fully saturated rings. The molecule has 0 atom stereocenters. The summed E-state index contributed by atoms with van der Waals surface area (Å²) in [5.41, 5.74) is 0.275. The van der Waals surface area contributed by atoms with Crippen molar-refractivity contribution < 1.29 is 9.90 Å². The minimum Gasteiger partial charge on any atom is -0.478 e. The first kappa shape index (κ1) is 7.77. The highest BCUT2D eigenvalue weighted by Gasteiger charge is 2.01. The monoisotopic (exact) mass is 124 g/mol. The van der Waals surface area contributed by atoms with E-state index in [4.69, 9.17) is 11.5 Å². The molecule has 0 spiro atoms. The fourth-order valence-corrected chi connectivity index (χ4v) is 0.411. The molecule has 0 aromatic heterocycles. The van der Waals surface area contributed by atoms with Crippen molar-refractivity contribution in [2.24, 2.45) is 0 Å². The Bertz CT molecular complexity index is 172. The lowest BCUT2D eigenvalue weighted by atomic mass is 10.2. The summed E-state index contributed by atoms with van der Waals surface area (Å²) in [6.07, 6.45) is 6.59.